The fourth-order valence-electron chi connectivity index (χ4n) is 3.02. The first-order chi connectivity index (χ1) is 10.6. The molecule has 116 valence electrons. The third kappa shape index (κ3) is 3.04. The van der Waals surface area contributed by atoms with Crippen LogP contribution in [0.4, 0.5) is 5.69 Å². The number of hydrogen-bond donors (Lipinski definition) is 3. The fraction of sp³-hybridized carbons (Fsp3) is 0.412. The topological polar surface area (TPSA) is 69.8 Å². The summed E-state index contributed by atoms with van der Waals surface area (Å²) in [5, 5.41) is 13.2. The van der Waals surface area contributed by atoms with Gasteiger partial charge in [0.2, 0.25) is 5.91 Å². The Kier molecular flexibility index (Phi) is 3.98. The van der Waals surface area contributed by atoms with E-state index in [9.17, 15) is 4.79 Å². The molecular weight excluding hydrogens is 276 g/mol. The van der Waals surface area contributed by atoms with Gasteiger partial charge in [-0.3, -0.25) is 9.89 Å². The Balaban J connectivity index is 1.69. The van der Waals surface area contributed by atoms with Crippen molar-refractivity contribution in [3.8, 4) is 11.3 Å². The monoisotopic (exact) mass is 298 g/mol. The van der Waals surface area contributed by atoms with Gasteiger partial charge in [-0.2, -0.15) is 5.10 Å². The van der Waals surface area contributed by atoms with Gasteiger partial charge in [-0.25, -0.2) is 0 Å². The third-order valence-electron chi connectivity index (χ3n) is 4.35. The standard InChI is InChI=1S/C17H22N4O/c1-17(2)9-3-10-18-15(17)16(22)20-13-6-4-12(5-7-13)14-8-11-19-21-14/h4-8,11,15,18H,3,9-10H2,1-2H3,(H,19,21)(H,20,22). The maximum atomic E-state index is 12.5. The molecule has 3 N–H and O–H groups in total. The zero-order valence-electron chi connectivity index (χ0n) is 13.0. The molecular formula is C17H22N4O. The number of benzene rings is 1. The van der Waals surface area contributed by atoms with E-state index in [0.717, 1.165) is 36.3 Å². The van der Waals surface area contributed by atoms with Crippen LogP contribution < -0.4 is 10.6 Å². The maximum Gasteiger partial charge on any atom is 0.242 e. The van der Waals surface area contributed by atoms with Gasteiger partial charge in [-0.15, -0.1) is 0 Å². The SMILES string of the molecule is CC1(C)CCCNC1C(=O)Nc1ccc(-c2ccn[nH]2)cc1. The smallest absolute Gasteiger partial charge is 0.242 e. The lowest BCUT2D eigenvalue weighted by Gasteiger charge is -2.38. The number of aromatic nitrogens is 2. The number of piperidine rings is 1. The molecule has 1 aromatic carbocycles. The fourth-order valence-corrected chi connectivity index (χ4v) is 3.02. The first-order valence-electron chi connectivity index (χ1n) is 7.70. The molecule has 5 heteroatoms. The van der Waals surface area contributed by atoms with Crippen molar-refractivity contribution in [1.29, 1.82) is 0 Å². The number of aromatic amines is 1. The minimum absolute atomic E-state index is 0.0157. The van der Waals surface area contributed by atoms with Crippen molar-refractivity contribution in [2.45, 2.75) is 32.7 Å². The maximum absolute atomic E-state index is 12.5. The Morgan fingerprint density at radius 1 is 1.27 bits per heavy atom. The highest BCUT2D eigenvalue weighted by molar-refractivity contribution is 5.95. The number of hydrogen-bond acceptors (Lipinski definition) is 3. The van der Waals surface area contributed by atoms with Crippen LogP contribution in [0.5, 0.6) is 0 Å². The van der Waals surface area contributed by atoms with Crippen molar-refractivity contribution >= 4 is 11.6 Å². The van der Waals surface area contributed by atoms with E-state index in [1.54, 1.807) is 6.20 Å². The predicted octanol–water partition coefficient (Wildman–Crippen LogP) is 2.79. The summed E-state index contributed by atoms with van der Waals surface area (Å²) in [6, 6.07) is 9.56. The normalized spacial score (nSPS) is 20.5. The Bertz CT molecular complexity index is 631. The molecule has 1 saturated heterocycles. The van der Waals surface area contributed by atoms with Crippen LogP contribution in [-0.4, -0.2) is 28.7 Å². The van der Waals surface area contributed by atoms with Gasteiger partial charge in [-0.1, -0.05) is 26.0 Å². The zero-order valence-corrected chi connectivity index (χ0v) is 13.0. The molecule has 0 saturated carbocycles. The van der Waals surface area contributed by atoms with E-state index in [1.807, 2.05) is 30.3 Å². The van der Waals surface area contributed by atoms with Gasteiger partial charge >= 0.3 is 0 Å². The lowest BCUT2D eigenvalue weighted by atomic mass is 9.77. The Morgan fingerprint density at radius 2 is 2.05 bits per heavy atom. The Hall–Kier alpha value is -2.14. The van der Waals surface area contributed by atoms with E-state index in [4.69, 9.17) is 0 Å². The van der Waals surface area contributed by atoms with Crippen molar-refractivity contribution in [3.05, 3.63) is 36.5 Å². The van der Waals surface area contributed by atoms with Gasteiger partial charge in [0, 0.05) is 11.9 Å². The van der Waals surface area contributed by atoms with Gasteiger partial charge in [0.15, 0.2) is 0 Å². The van der Waals surface area contributed by atoms with Crippen LogP contribution in [0.25, 0.3) is 11.3 Å². The molecule has 1 amide bonds. The number of nitrogens with one attached hydrogen (secondary N) is 3. The van der Waals surface area contributed by atoms with E-state index in [-0.39, 0.29) is 17.4 Å². The Morgan fingerprint density at radius 3 is 2.68 bits per heavy atom. The summed E-state index contributed by atoms with van der Waals surface area (Å²) in [6.07, 6.45) is 3.91. The van der Waals surface area contributed by atoms with Crippen LogP contribution in [0.2, 0.25) is 0 Å². The number of amides is 1. The summed E-state index contributed by atoms with van der Waals surface area (Å²) in [5.41, 5.74) is 2.81. The van der Waals surface area contributed by atoms with Crippen LogP contribution in [0.1, 0.15) is 26.7 Å². The van der Waals surface area contributed by atoms with Crippen LogP contribution in [0, 0.1) is 5.41 Å². The molecule has 0 spiro atoms. The van der Waals surface area contributed by atoms with Gasteiger partial charge in [0.05, 0.1) is 11.7 Å². The molecule has 5 nitrogen and oxygen atoms in total. The summed E-state index contributed by atoms with van der Waals surface area (Å²) in [6.45, 7) is 5.19. The van der Waals surface area contributed by atoms with Crippen molar-refractivity contribution < 1.29 is 4.79 Å². The molecule has 1 unspecified atom stereocenters. The lowest BCUT2D eigenvalue weighted by molar-refractivity contribution is -0.121. The Labute approximate surface area is 130 Å². The molecule has 3 rings (SSSR count). The second-order valence-electron chi connectivity index (χ2n) is 6.52. The largest absolute Gasteiger partial charge is 0.325 e. The van der Waals surface area contributed by atoms with Crippen molar-refractivity contribution in [2.75, 3.05) is 11.9 Å². The highest BCUT2D eigenvalue weighted by atomic mass is 16.2. The third-order valence-corrected chi connectivity index (χ3v) is 4.35. The molecule has 22 heavy (non-hydrogen) atoms. The highest BCUT2D eigenvalue weighted by Crippen LogP contribution is 2.30. The minimum atomic E-state index is -0.145. The number of carbonyl (C=O) groups is 1. The highest BCUT2D eigenvalue weighted by Gasteiger charge is 2.36. The van der Waals surface area contributed by atoms with E-state index in [1.165, 1.54) is 0 Å². The van der Waals surface area contributed by atoms with Crippen LogP contribution in [0.15, 0.2) is 36.5 Å². The van der Waals surface area contributed by atoms with Crippen LogP contribution in [0.3, 0.4) is 0 Å². The van der Waals surface area contributed by atoms with Gasteiger partial charge in [0.25, 0.3) is 0 Å². The van der Waals surface area contributed by atoms with E-state index in [2.05, 4.69) is 34.7 Å². The lowest BCUT2D eigenvalue weighted by Crippen LogP contribution is -2.53. The molecule has 2 aromatic rings. The number of nitrogens with zero attached hydrogens (tertiary/aromatic N) is 1. The van der Waals surface area contributed by atoms with E-state index >= 15 is 0 Å². The summed E-state index contributed by atoms with van der Waals surface area (Å²) >= 11 is 0. The van der Waals surface area contributed by atoms with Gasteiger partial charge in [0.1, 0.15) is 0 Å². The molecule has 0 bridgehead atoms. The van der Waals surface area contributed by atoms with Crippen molar-refractivity contribution in [2.24, 2.45) is 5.41 Å². The van der Waals surface area contributed by atoms with Gasteiger partial charge < -0.3 is 10.6 Å². The molecule has 2 heterocycles. The van der Waals surface area contributed by atoms with Gasteiger partial charge in [-0.05, 0) is 48.6 Å². The molecule has 0 radical (unpaired) electrons. The molecule has 1 aliphatic heterocycles. The summed E-state index contributed by atoms with van der Waals surface area (Å²) in [4.78, 5) is 12.5. The first kappa shape index (κ1) is 14.8. The average molecular weight is 298 g/mol. The van der Waals surface area contributed by atoms with Crippen molar-refractivity contribution in [3.63, 3.8) is 0 Å². The molecule has 1 aromatic heterocycles. The molecule has 0 aliphatic carbocycles. The molecule has 1 aliphatic rings. The molecule has 1 atom stereocenters. The van der Waals surface area contributed by atoms with Crippen LogP contribution in [-0.2, 0) is 4.79 Å². The zero-order chi connectivity index (χ0) is 15.6. The second kappa shape index (κ2) is 5.93. The predicted molar refractivity (Wildman–Crippen MR) is 87.5 cm³/mol. The average Bonchev–Trinajstić information content (AvgIpc) is 3.01. The van der Waals surface area contributed by atoms with E-state index < -0.39 is 0 Å². The minimum Gasteiger partial charge on any atom is -0.325 e. The molecule has 1 fully saturated rings. The quantitative estimate of drug-likeness (QED) is 0.816. The summed E-state index contributed by atoms with van der Waals surface area (Å²) in [7, 11) is 0. The van der Waals surface area contributed by atoms with Crippen LogP contribution >= 0.6 is 0 Å². The summed E-state index contributed by atoms with van der Waals surface area (Å²) in [5.74, 6) is 0.0407. The number of rotatable bonds is 3. The second-order valence-corrected chi connectivity index (χ2v) is 6.52. The summed E-state index contributed by atoms with van der Waals surface area (Å²) < 4.78 is 0. The first-order valence-corrected chi connectivity index (χ1v) is 7.70. The van der Waals surface area contributed by atoms with Crippen molar-refractivity contribution in [1.82, 2.24) is 15.5 Å². The number of anilines is 1. The van der Waals surface area contributed by atoms with E-state index in [0.29, 0.717) is 0 Å². The number of carbonyl (C=O) groups excluding carboxylic acids is 1. The number of H-pyrrole nitrogens is 1.